The van der Waals surface area contributed by atoms with Crippen molar-refractivity contribution in [3.63, 3.8) is 0 Å². The van der Waals surface area contributed by atoms with Crippen LogP contribution in [0.3, 0.4) is 0 Å². The third kappa shape index (κ3) is 3.08. The number of benzene rings is 1. The highest BCUT2D eigenvalue weighted by atomic mass is 16.2. The van der Waals surface area contributed by atoms with Gasteiger partial charge in [-0.3, -0.25) is 4.79 Å². The third-order valence-electron chi connectivity index (χ3n) is 4.02. The molecule has 2 atom stereocenters. The zero-order chi connectivity index (χ0) is 14.5. The summed E-state index contributed by atoms with van der Waals surface area (Å²) in [4.78, 5) is 14.2. The van der Waals surface area contributed by atoms with Crippen LogP contribution in [0.15, 0.2) is 30.3 Å². The van der Waals surface area contributed by atoms with Gasteiger partial charge in [0.1, 0.15) is 0 Å². The lowest BCUT2D eigenvalue weighted by Crippen LogP contribution is -2.35. The van der Waals surface area contributed by atoms with Crippen molar-refractivity contribution in [2.24, 2.45) is 5.92 Å². The molecule has 3 heteroatoms. The molecule has 0 aromatic heterocycles. The van der Waals surface area contributed by atoms with Crippen LogP contribution in [-0.2, 0) is 4.79 Å². The van der Waals surface area contributed by atoms with Crippen molar-refractivity contribution in [2.45, 2.75) is 32.7 Å². The fourth-order valence-corrected chi connectivity index (χ4v) is 2.88. The van der Waals surface area contributed by atoms with E-state index in [0.29, 0.717) is 17.5 Å². The van der Waals surface area contributed by atoms with Crippen LogP contribution >= 0.6 is 0 Å². The first-order valence-corrected chi connectivity index (χ1v) is 7.14. The molecule has 1 fully saturated rings. The molecule has 1 aromatic carbocycles. The van der Waals surface area contributed by atoms with Crippen LogP contribution < -0.4 is 0 Å². The lowest BCUT2D eigenvalue weighted by molar-refractivity contribution is -0.127. The summed E-state index contributed by atoms with van der Waals surface area (Å²) in [5.41, 5.74) is 1.50. The van der Waals surface area contributed by atoms with Crippen molar-refractivity contribution in [3.8, 4) is 6.07 Å². The van der Waals surface area contributed by atoms with Crippen molar-refractivity contribution < 1.29 is 4.79 Å². The number of nitrogens with zero attached hydrogens (tertiary/aromatic N) is 2. The first-order chi connectivity index (χ1) is 9.65. The summed E-state index contributed by atoms with van der Waals surface area (Å²) in [6.45, 7) is 5.19. The van der Waals surface area contributed by atoms with E-state index in [2.05, 4.69) is 19.9 Å². The Labute approximate surface area is 120 Å². The summed E-state index contributed by atoms with van der Waals surface area (Å²) in [6.07, 6.45) is 5.50. The molecule has 0 radical (unpaired) electrons. The van der Waals surface area contributed by atoms with Crippen LogP contribution in [0.2, 0.25) is 0 Å². The Morgan fingerprint density at radius 2 is 2.35 bits per heavy atom. The fraction of sp³-hybridized carbons (Fsp3) is 0.412. The predicted molar refractivity (Wildman–Crippen MR) is 79.8 cm³/mol. The van der Waals surface area contributed by atoms with E-state index in [4.69, 9.17) is 5.26 Å². The van der Waals surface area contributed by atoms with Gasteiger partial charge in [0, 0.05) is 18.7 Å². The van der Waals surface area contributed by atoms with Gasteiger partial charge in [-0.05, 0) is 42.5 Å². The van der Waals surface area contributed by atoms with Crippen molar-refractivity contribution >= 4 is 12.0 Å². The molecule has 20 heavy (non-hydrogen) atoms. The average Bonchev–Trinajstić information content (AvgIpc) is 2.86. The summed E-state index contributed by atoms with van der Waals surface area (Å²) in [7, 11) is 0. The van der Waals surface area contributed by atoms with Crippen molar-refractivity contribution in [3.05, 3.63) is 41.5 Å². The molecule has 1 amide bonds. The van der Waals surface area contributed by atoms with Gasteiger partial charge in [0.05, 0.1) is 11.6 Å². The van der Waals surface area contributed by atoms with Crippen LogP contribution in [0.1, 0.15) is 37.8 Å². The lowest BCUT2D eigenvalue weighted by Gasteiger charge is -2.24. The molecule has 1 aromatic rings. The standard InChI is InChI=1S/C17H20N2O/c1-3-16-13(2)9-10-19(16)17(20)8-7-14-5-4-6-15(11-14)12-18/h4-8,11,13,16H,3,9-10H2,1-2H3/b8-7+. The van der Waals surface area contributed by atoms with Gasteiger partial charge in [-0.25, -0.2) is 0 Å². The highest BCUT2D eigenvalue weighted by Crippen LogP contribution is 2.26. The Kier molecular flexibility index (Phi) is 4.57. The van der Waals surface area contributed by atoms with E-state index in [1.807, 2.05) is 17.0 Å². The fourth-order valence-electron chi connectivity index (χ4n) is 2.88. The second kappa shape index (κ2) is 6.38. The molecule has 0 bridgehead atoms. The first-order valence-electron chi connectivity index (χ1n) is 7.14. The number of hydrogen-bond donors (Lipinski definition) is 0. The molecular formula is C17H20N2O. The number of hydrogen-bond acceptors (Lipinski definition) is 2. The van der Waals surface area contributed by atoms with Gasteiger partial charge in [0.25, 0.3) is 0 Å². The highest BCUT2D eigenvalue weighted by Gasteiger charge is 2.31. The van der Waals surface area contributed by atoms with Crippen LogP contribution in [0, 0.1) is 17.2 Å². The molecule has 3 nitrogen and oxygen atoms in total. The molecule has 2 unspecified atom stereocenters. The van der Waals surface area contributed by atoms with Gasteiger partial charge in [-0.1, -0.05) is 26.0 Å². The van der Waals surface area contributed by atoms with E-state index in [9.17, 15) is 4.79 Å². The third-order valence-corrected chi connectivity index (χ3v) is 4.02. The maximum Gasteiger partial charge on any atom is 0.246 e. The predicted octanol–water partition coefficient (Wildman–Crippen LogP) is 3.22. The van der Waals surface area contributed by atoms with Gasteiger partial charge < -0.3 is 4.90 Å². The Morgan fingerprint density at radius 1 is 1.55 bits per heavy atom. The molecule has 1 saturated heterocycles. The molecule has 1 heterocycles. The SMILES string of the molecule is CCC1C(C)CCN1C(=O)/C=C/c1cccc(C#N)c1. The van der Waals surface area contributed by atoms with E-state index in [1.165, 1.54) is 0 Å². The smallest absolute Gasteiger partial charge is 0.246 e. The summed E-state index contributed by atoms with van der Waals surface area (Å²) < 4.78 is 0. The van der Waals surface area contributed by atoms with Gasteiger partial charge in [0.15, 0.2) is 0 Å². The number of likely N-dealkylation sites (tertiary alicyclic amines) is 1. The van der Waals surface area contributed by atoms with Crippen molar-refractivity contribution in [1.82, 2.24) is 4.90 Å². The first kappa shape index (κ1) is 14.3. The number of carbonyl (C=O) groups is 1. The minimum Gasteiger partial charge on any atom is -0.336 e. The second-order valence-electron chi connectivity index (χ2n) is 5.34. The van der Waals surface area contributed by atoms with E-state index in [-0.39, 0.29) is 5.91 Å². The molecule has 0 aliphatic carbocycles. The Balaban J connectivity index is 2.07. The van der Waals surface area contributed by atoms with Crippen LogP contribution in [0.5, 0.6) is 0 Å². The van der Waals surface area contributed by atoms with Gasteiger partial charge in [-0.15, -0.1) is 0 Å². The van der Waals surface area contributed by atoms with E-state index in [0.717, 1.165) is 24.9 Å². The minimum absolute atomic E-state index is 0.0727. The topological polar surface area (TPSA) is 44.1 Å². The zero-order valence-corrected chi connectivity index (χ0v) is 12.0. The lowest BCUT2D eigenvalue weighted by atomic mass is 10.0. The van der Waals surface area contributed by atoms with Crippen molar-refractivity contribution in [1.29, 1.82) is 5.26 Å². The molecule has 104 valence electrons. The Morgan fingerprint density at radius 3 is 3.05 bits per heavy atom. The van der Waals surface area contributed by atoms with E-state index < -0.39 is 0 Å². The van der Waals surface area contributed by atoms with Crippen LogP contribution in [-0.4, -0.2) is 23.4 Å². The summed E-state index contributed by atoms with van der Waals surface area (Å²) in [5, 5.41) is 8.86. The molecule has 0 saturated carbocycles. The molecule has 0 spiro atoms. The Hall–Kier alpha value is -2.08. The molecule has 2 rings (SSSR count). The van der Waals surface area contributed by atoms with Crippen LogP contribution in [0.25, 0.3) is 6.08 Å². The Bertz CT molecular complexity index is 556. The average molecular weight is 268 g/mol. The minimum atomic E-state index is 0.0727. The zero-order valence-electron chi connectivity index (χ0n) is 12.0. The monoisotopic (exact) mass is 268 g/mol. The normalized spacial score (nSPS) is 22.1. The summed E-state index contributed by atoms with van der Waals surface area (Å²) >= 11 is 0. The van der Waals surface area contributed by atoms with Gasteiger partial charge in [-0.2, -0.15) is 5.26 Å². The highest BCUT2D eigenvalue weighted by molar-refractivity contribution is 5.92. The maximum absolute atomic E-state index is 12.3. The molecule has 0 N–H and O–H groups in total. The summed E-state index contributed by atoms with van der Waals surface area (Å²) in [6, 6.07) is 9.73. The molecule has 1 aliphatic heterocycles. The summed E-state index contributed by atoms with van der Waals surface area (Å²) in [5.74, 6) is 0.655. The molecule has 1 aliphatic rings. The van der Waals surface area contributed by atoms with Gasteiger partial charge in [0.2, 0.25) is 5.91 Å². The maximum atomic E-state index is 12.3. The van der Waals surface area contributed by atoms with Crippen molar-refractivity contribution in [2.75, 3.05) is 6.54 Å². The quantitative estimate of drug-likeness (QED) is 0.790. The second-order valence-corrected chi connectivity index (χ2v) is 5.34. The number of nitriles is 1. The van der Waals surface area contributed by atoms with E-state index in [1.54, 1.807) is 24.3 Å². The van der Waals surface area contributed by atoms with Gasteiger partial charge >= 0.3 is 0 Å². The number of amides is 1. The molecular weight excluding hydrogens is 248 g/mol. The number of carbonyl (C=O) groups excluding carboxylic acids is 1. The number of rotatable bonds is 3. The largest absolute Gasteiger partial charge is 0.336 e. The van der Waals surface area contributed by atoms with E-state index >= 15 is 0 Å². The van der Waals surface area contributed by atoms with Crippen LogP contribution in [0.4, 0.5) is 0 Å².